The minimum absolute atomic E-state index is 0.139. The maximum atomic E-state index is 12.4. The van der Waals surface area contributed by atoms with Crippen molar-refractivity contribution in [2.24, 2.45) is 7.05 Å². The summed E-state index contributed by atoms with van der Waals surface area (Å²) in [6.45, 7) is 4.60. The normalized spacial score (nSPS) is 12.3. The lowest BCUT2D eigenvalue weighted by Gasteiger charge is -2.11. The molecule has 136 valence electrons. The number of rotatable bonds is 6. The molecule has 1 amide bonds. The molecule has 3 rings (SSSR count). The van der Waals surface area contributed by atoms with Gasteiger partial charge in [-0.15, -0.1) is 0 Å². The molecule has 2 heterocycles. The molecule has 0 fully saturated rings. The number of nitrogens with one attached hydrogen (secondary N) is 1. The Balaban J connectivity index is 1.62. The highest BCUT2D eigenvalue weighted by atomic mass is 16.2. The number of amides is 1. The lowest BCUT2D eigenvalue weighted by Crippen LogP contribution is -2.23. The van der Waals surface area contributed by atoms with E-state index in [0.29, 0.717) is 17.0 Å². The van der Waals surface area contributed by atoms with Crippen LogP contribution in [0.3, 0.4) is 0 Å². The minimum atomic E-state index is -0.186. The van der Waals surface area contributed by atoms with Crippen LogP contribution >= 0.6 is 0 Å². The highest BCUT2D eigenvalue weighted by Crippen LogP contribution is 2.20. The SMILES string of the molecule is CCC(C)c1ccc(NC(=O)CCn2cnc3c(cnn3C)c2=O)cc1. The second kappa shape index (κ2) is 7.51. The zero-order valence-corrected chi connectivity index (χ0v) is 15.3. The summed E-state index contributed by atoms with van der Waals surface area (Å²) in [5.41, 5.74) is 2.37. The van der Waals surface area contributed by atoms with Gasteiger partial charge in [0.2, 0.25) is 5.91 Å². The van der Waals surface area contributed by atoms with Crippen LogP contribution in [-0.2, 0) is 18.4 Å². The van der Waals surface area contributed by atoms with Gasteiger partial charge in [0.05, 0.1) is 12.5 Å². The summed E-state index contributed by atoms with van der Waals surface area (Å²) in [5, 5.41) is 7.36. The van der Waals surface area contributed by atoms with Crippen molar-refractivity contribution in [2.75, 3.05) is 5.32 Å². The van der Waals surface area contributed by atoms with Gasteiger partial charge in [0.25, 0.3) is 5.56 Å². The molecule has 3 aromatic rings. The van der Waals surface area contributed by atoms with Crippen molar-refractivity contribution in [2.45, 2.75) is 39.2 Å². The molecule has 1 unspecified atom stereocenters. The van der Waals surface area contributed by atoms with Crippen molar-refractivity contribution in [3.8, 4) is 0 Å². The van der Waals surface area contributed by atoms with Crippen LogP contribution < -0.4 is 10.9 Å². The standard InChI is InChI=1S/C19H23N5O2/c1-4-13(2)14-5-7-15(8-6-14)22-17(25)9-10-24-12-20-18-16(19(24)26)11-21-23(18)3/h5-8,11-13H,4,9-10H2,1-3H3,(H,22,25). The lowest BCUT2D eigenvalue weighted by atomic mass is 9.99. The van der Waals surface area contributed by atoms with Gasteiger partial charge in [-0.1, -0.05) is 26.0 Å². The molecule has 2 aromatic heterocycles. The van der Waals surface area contributed by atoms with Crippen molar-refractivity contribution < 1.29 is 4.79 Å². The number of benzene rings is 1. The Morgan fingerprint density at radius 1 is 1.27 bits per heavy atom. The molecule has 0 saturated heterocycles. The maximum absolute atomic E-state index is 12.4. The van der Waals surface area contributed by atoms with Crippen molar-refractivity contribution >= 4 is 22.6 Å². The first-order valence-electron chi connectivity index (χ1n) is 8.76. The van der Waals surface area contributed by atoms with Crippen LogP contribution in [0.5, 0.6) is 0 Å². The Hall–Kier alpha value is -2.96. The monoisotopic (exact) mass is 353 g/mol. The quantitative estimate of drug-likeness (QED) is 0.739. The van der Waals surface area contributed by atoms with E-state index in [1.165, 1.54) is 22.7 Å². The topological polar surface area (TPSA) is 81.8 Å². The molecular weight excluding hydrogens is 330 g/mol. The smallest absolute Gasteiger partial charge is 0.264 e. The number of fused-ring (bicyclic) bond motifs is 1. The molecule has 0 spiro atoms. The van der Waals surface area contributed by atoms with Gasteiger partial charge in [-0.3, -0.25) is 18.8 Å². The second-order valence-electron chi connectivity index (χ2n) is 6.48. The Morgan fingerprint density at radius 3 is 2.69 bits per heavy atom. The van der Waals surface area contributed by atoms with Crippen LogP contribution in [-0.4, -0.2) is 25.2 Å². The van der Waals surface area contributed by atoms with Crippen molar-refractivity contribution in [3.05, 3.63) is 52.7 Å². The average molecular weight is 353 g/mol. The van der Waals surface area contributed by atoms with Crippen molar-refractivity contribution in [1.82, 2.24) is 19.3 Å². The number of aromatic nitrogens is 4. The van der Waals surface area contributed by atoms with Crippen LogP contribution in [0.1, 0.15) is 38.2 Å². The van der Waals surface area contributed by atoms with Gasteiger partial charge in [0.15, 0.2) is 5.65 Å². The molecule has 1 atom stereocenters. The summed E-state index contributed by atoms with van der Waals surface area (Å²) >= 11 is 0. The van der Waals surface area contributed by atoms with E-state index in [-0.39, 0.29) is 24.4 Å². The van der Waals surface area contributed by atoms with Gasteiger partial charge in [-0.2, -0.15) is 5.10 Å². The van der Waals surface area contributed by atoms with Crippen LogP contribution in [0, 0.1) is 0 Å². The first-order valence-corrected chi connectivity index (χ1v) is 8.76. The highest BCUT2D eigenvalue weighted by molar-refractivity contribution is 5.90. The molecule has 0 aliphatic heterocycles. The number of carbonyl (C=O) groups excluding carboxylic acids is 1. The van der Waals surface area contributed by atoms with Crippen LogP contribution in [0.4, 0.5) is 5.69 Å². The van der Waals surface area contributed by atoms with E-state index >= 15 is 0 Å². The number of carbonyl (C=O) groups is 1. The molecule has 26 heavy (non-hydrogen) atoms. The molecule has 1 aromatic carbocycles. The average Bonchev–Trinajstić information content (AvgIpc) is 3.03. The van der Waals surface area contributed by atoms with Gasteiger partial charge in [-0.25, -0.2) is 4.98 Å². The number of nitrogens with zero attached hydrogens (tertiary/aromatic N) is 4. The third-order valence-electron chi connectivity index (χ3n) is 4.67. The minimum Gasteiger partial charge on any atom is -0.326 e. The molecule has 7 nitrogen and oxygen atoms in total. The summed E-state index contributed by atoms with van der Waals surface area (Å²) in [6, 6.07) is 7.90. The zero-order chi connectivity index (χ0) is 18.7. The van der Waals surface area contributed by atoms with E-state index in [2.05, 4.69) is 29.2 Å². The van der Waals surface area contributed by atoms with Crippen molar-refractivity contribution in [3.63, 3.8) is 0 Å². The molecule has 0 radical (unpaired) electrons. The van der Waals surface area contributed by atoms with E-state index in [1.807, 2.05) is 24.3 Å². The van der Waals surface area contributed by atoms with Gasteiger partial charge >= 0.3 is 0 Å². The van der Waals surface area contributed by atoms with E-state index in [9.17, 15) is 9.59 Å². The third-order valence-corrected chi connectivity index (χ3v) is 4.67. The van der Waals surface area contributed by atoms with E-state index in [4.69, 9.17) is 0 Å². The van der Waals surface area contributed by atoms with Gasteiger partial charge in [0.1, 0.15) is 5.39 Å². The number of hydrogen-bond donors (Lipinski definition) is 1. The Kier molecular flexibility index (Phi) is 5.16. The fraction of sp³-hybridized carbons (Fsp3) is 0.368. The fourth-order valence-corrected chi connectivity index (χ4v) is 2.80. The number of anilines is 1. The number of hydrogen-bond acceptors (Lipinski definition) is 4. The molecule has 0 aliphatic carbocycles. The van der Waals surface area contributed by atoms with Gasteiger partial charge < -0.3 is 5.32 Å². The van der Waals surface area contributed by atoms with Gasteiger partial charge in [-0.05, 0) is 30.0 Å². The maximum Gasteiger partial charge on any atom is 0.264 e. The van der Waals surface area contributed by atoms with Gasteiger partial charge in [0, 0.05) is 25.7 Å². The van der Waals surface area contributed by atoms with E-state index in [1.54, 1.807) is 11.7 Å². The largest absolute Gasteiger partial charge is 0.326 e. The van der Waals surface area contributed by atoms with Crippen LogP contribution in [0.25, 0.3) is 11.0 Å². The fourth-order valence-electron chi connectivity index (χ4n) is 2.80. The summed E-state index contributed by atoms with van der Waals surface area (Å²) < 4.78 is 2.99. The predicted molar refractivity (Wildman–Crippen MR) is 101 cm³/mol. The first-order chi connectivity index (χ1) is 12.5. The lowest BCUT2D eigenvalue weighted by molar-refractivity contribution is -0.116. The Labute approximate surface area is 151 Å². The molecule has 0 aliphatic rings. The highest BCUT2D eigenvalue weighted by Gasteiger charge is 2.10. The van der Waals surface area contributed by atoms with Crippen LogP contribution in [0.2, 0.25) is 0 Å². The molecule has 0 saturated carbocycles. The summed E-state index contributed by atoms with van der Waals surface area (Å²) in [7, 11) is 1.74. The van der Waals surface area contributed by atoms with Crippen LogP contribution in [0.15, 0.2) is 41.6 Å². The van der Waals surface area contributed by atoms with E-state index < -0.39 is 0 Å². The Bertz CT molecular complexity index is 972. The summed E-state index contributed by atoms with van der Waals surface area (Å²) in [4.78, 5) is 28.8. The van der Waals surface area contributed by atoms with Crippen molar-refractivity contribution in [1.29, 1.82) is 0 Å². The first kappa shape index (κ1) is 17.8. The summed E-state index contributed by atoms with van der Waals surface area (Å²) in [5.74, 6) is 0.362. The van der Waals surface area contributed by atoms with E-state index in [0.717, 1.165) is 12.1 Å². The second-order valence-corrected chi connectivity index (χ2v) is 6.48. The third kappa shape index (κ3) is 3.66. The summed E-state index contributed by atoms with van der Waals surface area (Å²) in [6.07, 6.45) is 4.23. The zero-order valence-electron chi connectivity index (χ0n) is 15.3. The predicted octanol–water partition coefficient (Wildman–Crippen LogP) is 2.67. The molecule has 0 bridgehead atoms. The molecule has 7 heteroatoms. The number of aryl methyl sites for hydroxylation is 2. The molecule has 1 N–H and O–H groups in total. The molecular formula is C19H23N5O2. The Morgan fingerprint density at radius 2 is 2.00 bits per heavy atom.